The van der Waals surface area contributed by atoms with Gasteiger partial charge in [0.15, 0.2) is 5.65 Å². The normalized spacial score (nSPS) is 13.6. The van der Waals surface area contributed by atoms with Gasteiger partial charge < -0.3 is 4.98 Å². The van der Waals surface area contributed by atoms with Crippen LogP contribution in [0.4, 0.5) is 22.0 Å². The van der Waals surface area contributed by atoms with Crippen LogP contribution in [0.1, 0.15) is 49.0 Å². The molecule has 0 saturated heterocycles. The Morgan fingerprint density at radius 1 is 1.11 bits per heavy atom. The molecule has 0 bridgehead atoms. The van der Waals surface area contributed by atoms with Gasteiger partial charge in [-0.1, -0.05) is 26.0 Å². The molecule has 150 valence electrons. The van der Waals surface area contributed by atoms with E-state index < -0.39 is 35.5 Å². The lowest BCUT2D eigenvalue weighted by atomic mass is 9.95. The van der Waals surface area contributed by atoms with Crippen molar-refractivity contribution >= 4 is 11.0 Å². The van der Waals surface area contributed by atoms with Crippen LogP contribution in [-0.2, 0) is 6.18 Å². The third-order valence-electron chi connectivity index (χ3n) is 4.39. The number of hydrogen-bond acceptors (Lipinski definition) is 3. The number of benzene rings is 1. The predicted molar refractivity (Wildman–Crippen MR) is 92.3 cm³/mol. The van der Waals surface area contributed by atoms with Gasteiger partial charge in [0.1, 0.15) is 16.9 Å². The standard InChI is InChI=1S/C18H17F5N4O/c1-8(2)14(10-4-6-11(7-5-10)18(21,22)23)27-16-12(13(26-27)15(19)20)17(28)25-9(3)24-16/h4-8,14-15H,1-3H3,(H,24,25,28)/t14-/m0/s1. The molecule has 1 aromatic carbocycles. The number of aromatic nitrogens is 4. The molecule has 3 rings (SSSR count). The zero-order valence-electron chi connectivity index (χ0n) is 15.2. The molecular formula is C18H17F5N4O. The summed E-state index contributed by atoms with van der Waals surface area (Å²) in [7, 11) is 0. The molecular weight excluding hydrogens is 383 g/mol. The van der Waals surface area contributed by atoms with E-state index in [0.717, 1.165) is 12.1 Å². The van der Waals surface area contributed by atoms with Crippen molar-refractivity contribution in [2.24, 2.45) is 5.92 Å². The average Bonchev–Trinajstić information content (AvgIpc) is 2.94. The van der Waals surface area contributed by atoms with E-state index in [1.807, 2.05) is 0 Å². The van der Waals surface area contributed by atoms with Crippen molar-refractivity contribution in [3.63, 3.8) is 0 Å². The summed E-state index contributed by atoms with van der Waals surface area (Å²) in [6, 6.07) is 3.73. The van der Waals surface area contributed by atoms with Gasteiger partial charge in [-0.05, 0) is 30.5 Å². The largest absolute Gasteiger partial charge is 0.416 e. The highest BCUT2D eigenvalue weighted by Crippen LogP contribution is 2.34. The van der Waals surface area contributed by atoms with Crippen molar-refractivity contribution in [3.8, 4) is 0 Å². The maximum Gasteiger partial charge on any atom is 0.416 e. The van der Waals surface area contributed by atoms with Crippen molar-refractivity contribution in [1.29, 1.82) is 0 Å². The van der Waals surface area contributed by atoms with E-state index in [9.17, 15) is 26.7 Å². The summed E-state index contributed by atoms with van der Waals surface area (Å²) < 4.78 is 66.6. The molecule has 0 unspecified atom stereocenters. The Balaban J connectivity index is 2.23. The lowest BCUT2D eigenvalue weighted by Gasteiger charge is -2.23. The van der Waals surface area contributed by atoms with Crippen LogP contribution in [0, 0.1) is 12.8 Å². The van der Waals surface area contributed by atoms with Gasteiger partial charge in [0.2, 0.25) is 0 Å². The summed E-state index contributed by atoms with van der Waals surface area (Å²) in [6.45, 7) is 5.05. The average molecular weight is 400 g/mol. The lowest BCUT2D eigenvalue weighted by molar-refractivity contribution is -0.137. The molecule has 3 aromatic rings. The second-order valence-corrected chi connectivity index (χ2v) is 6.79. The summed E-state index contributed by atoms with van der Waals surface area (Å²) >= 11 is 0. The van der Waals surface area contributed by atoms with Crippen LogP contribution in [0.2, 0.25) is 0 Å². The quantitative estimate of drug-likeness (QED) is 0.650. The van der Waals surface area contributed by atoms with E-state index in [4.69, 9.17) is 0 Å². The number of alkyl halides is 5. The number of aryl methyl sites for hydroxylation is 1. The molecule has 10 heteroatoms. The third kappa shape index (κ3) is 3.50. The van der Waals surface area contributed by atoms with Crippen LogP contribution < -0.4 is 5.56 Å². The summed E-state index contributed by atoms with van der Waals surface area (Å²) in [5, 5.41) is 3.60. The Labute approximate surface area is 156 Å². The lowest BCUT2D eigenvalue weighted by Crippen LogP contribution is -2.20. The fourth-order valence-corrected chi connectivity index (χ4v) is 3.21. The second-order valence-electron chi connectivity index (χ2n) is 6.79. The van der Waals surface area contributed by atoms with Gasteiger partial charge in [-0.25, -0.2) is 18.4 Å². The van der Waals surface area contributed by atoms with Crippen molar-refractivity contribution in [1.82, 2.24) is 19.7 Å². The summed E-state index contributed by atoms with van der Waals surface area (Å²) in [4.78, 5) is 18.7. The second kappa shape index (κ2) is 6.99. The number of nitrogens with one attached hydrogen (secondary N) is 1. The third-order valence-corrected chi connectivity index (χ3v) is 4.39. The molecule has 5 nitrogen and oxygen atoms in total. The fourth-order valence-electron chi connectivity index (χ4n) is 3.21. The van der Waals surface area contributed by atoms with Gasteiger partial charge >= 0.3 is 6.18 Å². The molecule has 0 spiro atoms. The molecule has 0 amide bonds. The van der Waals surface area contributed by atoms with Crippen LogP contribution >= 0.6 is 0 Å². The Morgan fingerprint density at radius 3 is 2.21 bits per heavy atom. The first-order chi connectivity index (χ1) is 13.0. The molecule has 0 aliphatic heterocycles. The minimum Gasteiger partial charge on any atom is -0.310 e. The van der Waals surface area contributed by atoms with Gasteiger partial charge in [-0.15, -0.1) is 0 Å². The highest BCUT2D eigenvalue weighted by atomic mass is 19.4. The predicted octanol–water partition coefficient (Wildman–Crippen LogP) is 4.63. The Morgan fingerprint density at radius 2 is 1.71 bits per heavy atom. The zero-order chi connectivity index (χ0) is 20.8. The highest BCUT2D eigenvalue weighted by Gasteiger charge is 2.32. The fraction of sp³-hybridized carbons (Fsp3) is 0.389. The first kappa shape index (κ1) is 20.0. The van der Waals surface area contributed by atoms with Crippen molar-refractivity contribution < 1.29 is 22.0 Å². The van der Waals surface area contributed by atoms with E-state index in [1.165, 1.54) is 23.7 Å². The number of nitrogens with zero attached hydrogens (tertiary/aromatic N) is 3. The topological polar surface area (TPSA) is 63.6 Å². The van der Waals surface area contributed by atoms with E-state index >= 15 is 0 Å². The minimum absolute atomic E-state index is 0.0323. The van der Waals surface area contributed by atoms with Gasteiger partial charge in [0.05, 0.1) is 11.6 Å². The molecule has 0 fully saturated rings. The van der Waals surface area contributed by atoms with Gasteiger partial charge in [0, 0.05) is 0 Å². The van der Waals surface area contributed by atoms with Crippen LogP contribution in [0.3, 0.4) is 0 Å². The number of hydrogen-bond donors (Lipinski definition) is 1. The molecule has 28 heavy (non-hydrogen) atoms. The SMILES string of the molecule is Cc1nc2c(c(C(F)F)nn2[C@H](c2ccc(C(F)(F)F)cc2)C(C)C)c(=O)[nH]1. The number of halogens is 5. The maximum atomic E-state index is 13.5. The smallest absolute Gasteiger partial charge is 0.310 e. The highest BCUT2D eigenvalue weighted by molar-refractivity contribution is 5.77. The summed E-state index contributed by atoms with van der Waals surface area (Å²) in [5.41, 5.74) is -1.86. The monoisotopic (exact) mass is 400 g/mol. The zero-order valence-corrected chi connectivity index (χ0v) is 15.2. The molecule has 1 N–H and O–H groups in total. The van der Waals surface area contributed by atoms with Crippen molar-refractivity contribution in [2.45, 2.75) is 39.4 Å². The molecule has 2 aromatic heterocycles. The van der Waals surface area contributed by atoms with Crippen LogP contribution in [0.5, 0.6) is 0 Å². The van der Waals surface area contributed by atoms with E-state index in [2.05, 4.69) is 15.1 Å². The molecule has 0 aliphatic carbocycles. The van der Waals surface area contributed by atoms with Gasteiger partial charge in [-0.2, -0.15) is 18.3 Å². The van der Waals surface area contributed by atoms with E-state index in [1.54, 1.807) is 13.8 Å². The first-order valence-electron chi connectivity index (χ1n) is 8.45. The van der Waals surface area contributed by atoms with E-state index in [0.29, 0.717) is 5.56 Å². The molecule has 0 aliphatic rings. The Bertz CT molecular complexity index is 1050. The molecule has 0 saturated carbocycles. The number of rotatable bonds is 4. The summed E-state index contributed by atoms with van der Waals surface area (Å²) in [5.74, 6) is -0.0128. The number of H-pyrrole nitrogens is 1. The van der Waals surface area contributed by atoms with Crippen LogP contribution in [-0.4, -0.2) is 19.7 Å². The van der Waals surface area contributed by atoms with Crippen molar-refractivity contribution in [2.75, 3.05) is 0 Å². The molecule has 2 heterocycles. The minimum atomic E-state index is -4.49. The van der Waals surface area contributed by atoms with Crippen molar-refractivity contribution in [3.05, 3.63) is 57.3 Å². The summed E-state index contributed by atoms with van der Waals surface area (Å²) in [6.07, 6.45) is -7.49. The van der Waals surface area contributed by atoms with E-state index in [-0.39, 0.29) is 22.8 Å². The van der Waals surface area contributed by atoms with Crippen LogP contribution in [0.25, 0.3) is 11.0 Å². The Kier molecular flexibility index (Phi) is 4.99. The van der Waals surface area contributed by atoms with Crippen LogP contribution in [0.15, 0.2) is 29.1 Å². The van der Waals surface area contributed by atoms with Gasteiger partial charge in [-0.3, -0.25) is 4.79 Å². The first-order valence-corrected chi connectivity index (χ1v) is 8.45. The number of aromatic amines is 1. The maximum absolute atomic E-state index is 13.5. The number of fused-ring (bicyclic) bond motifs is 1. The van der Waals surface area contributed by atoms with Gasteiger partial charge in [0.25, 0.3) is 12.0 Å². The molecule has 0 radical (unpaired) electrons. The Hall–Kier alpha value is -2.78. The molecule has 1 atom stereocenters.